The average molecular weight is 379 g/mol. The van der Waals surface area contributed by atoms with Gasteiger partial charge in [-0.3, -0.25) is 5.10 Å². The quantitative estimate of drug-likeness (QED) is 0.752. The van der Waals surface area contributed by atoms with Crippen molar-refractivity contribution in [2.45, 2.75) is 45.1 Å². The minimum Gasteiger partial charge on any atom is -0.370 e. The number of H-pyrrole nitrogens is 1. The summed E-state index contributed by atoms with van der Waals surface area (Å²) in [6.07, 6.45) is 4.30. The van der Waals surface area contributed by atoms with Crippen molar-refractivity contribution in [3.8, 4) is 0 Å². The van der Waals surface area contributed by atoms with E-state index in [1.807, 2.05) is 11.4 Å². The number of ether oxygens (including phenoxy) is 1. The maximum absolute atomic E-state index is 6.25. The Kier molecular flexibility index (Phi) is 3.25. The molecule has 3 aromatic heterocycles. The van der Waals surface area contributed by atoms with Crippen molar-refractivity contribution in [2.24, 2.45) is 11.8 Å². The summed E-state index contributed by atoms with van der Waals surface area (Å²) in [5, 5.41) is 12.3. The highest BCUT2D eigenvalue weighted by Gasteiger charge is 2.66. The van der Waals surface area contributed by atoms with E-state index < -0.39 is 5.60 Å². The molecule has 4 aliphatic rings. The predicted molar refractivity (Wildman–Crippen MR) is 103 cm³/mol. The second kappa shape index (κ2) is 5.53. The van der Waals surface area contributed by atoms with Gasteiger partial charge in [-0.25, -0.2) is 14.5 Å². The van der Waals surface area contributed by atoms with Gasteiger partial charge in [0, 0.05) is 13.1 Å². The number of nitrogens with one attached hydrogen (secondary N) is 1. The summed E-state index contributed by atoms with van der Waals surface area (Å²) in [4.78, 5) is 11.9. The molecular weight excluding hydrogens is 354 g/mol. The first-order valence-electron chi connectivity index (χ1n) is 10.2. The van der Waals surface area contributed by atoms with Crippen LogP contribution in [0.25, 0.3) is 5.65 Å². The van der Waals surface area contributed by atoms with Crippen molar-refractivity contribution >= 4 is 11.3 Å². The average Bonchev–Trinajstić information content (AvgIpc) is 3.42. The van der Waals surface area contributed by atoms with E-state index in [2.05, 4.69) is 46.2 Å². The van der Waals surface area contributed by atoms with E-state index in [0.29, 0.717) is 5.92 Å². The van der Waals surface area contributed by atoms with Crippen LogP contribution in [0.4, 0.5) is 5.69 Å². The van der Waals surface area contributed by atoms with Crippen LogP contribution >= 0.6 is 0 Å². The molecule has 4 fully saturated rings. The van der Waals surface area contributed by atoms with Gasteiger partial charge in [0.15, 0.2) is 17.3 Å². The van der Waals surface area contributed by atoms with Crippen LogP contribution in [0.2, 0.25) is 0 Å². The number of aryl methyl sites for hydroxylation is 2. The Bertz CT molecular complexity index is 1070. The number of nitrogens with zero attached hydrogens (tertiary/aromatic N) is 6. The number of rotatable bonds is 3. The molecule has 4 atom stereocenters. The van der Waals surface area contributed by atoms with Crippen LogP contribution in [0.1, 0.15) is 48.7 Å². The molecule has 4 unspecified atom stereocenters. The van der Waals surface area contributed by atoms with Gasteiger partial charge < -0.3 is 9.64 Å². The molecule has 1 N–H and O–H groups in total. The number of aromatic nitrogens is 6. The lowest BCUT2D eigenvalue weighted by atomic mass is 9.63. The van der Waals surface area contributed by atoms with Crippen molar-refractivity contribution in [3.05, 3.63) is 35.3 Å². The Hall–Kier alpha value is -2.48. The monoisotopic (exact) mass is 379 g/mol. The van der Waals surface area contributed by atoms with Gasteiger partial charge in [-0.05, 0) is 50.2 Å². The maximum atomic E-state index is 6.25. The molecule has 146 valence electrons. The van der Waals surface area contributed by atoms with Crippen molar-refractivity contribution in [1.82, 2.24) is 29.8 Å². The van der Waals surface area contributed by atoms with E-state index in [1.165, 1.54) is 12.1 Å². The molecule has 1 aliphatic carbocycles. The zero-order chi connectivity index (χ0) is 19.0. The molecule has 1 saturated carbocycles. The van der Waals surface area contributed by atoms with Crippen LogP contribution in [0.5, 0.6) is 0 Å². The van der Waals surface area contributed by atoms with Gasteiger partial charge in [0.2, 0.25) is 0 Å². The smallest absolute Gasteiger partial charge is 0.184 e. The number of hydrogen-bond acceptors (Lipinski definition) is 6. The minimum atomic E-state index is -0.486. The van der Waals surface area contributed by atoms with Gasteiger partial charge in [0.1, 0.15) is 11.4 Å². The molecule has 0 radical (unpaired) electrons. The predicted octanol–water partition coefficient (Wildman–Crippen LogP) is 2.34. The number of anilines is 1. The normalized spacial score (nSPS) is 31.7. The SMILES string of the molecule is Cc1nc(C2C3COC2(c2nc4c(C)cc(N5CCC(C)C5)cn4n2)C3)n[nH]1. The Morgan fingerprint density at radius 3 is 2.89 bits per heavy atom. The van der Waals surface area contributed by atoms with E-state index in [9.17, 15) is 0 Å². The molecule has 8 nitrogen and oxygen atoms in total. The maximum Gasteiger partial charge on any atom is 0.184 e. The van der Waals surface area contributed by atoms with Crippen LogP contribution < -0.4 is 4.90 Å². The summed E-state index contributed by atoms with van der Waals surface area (Å²) < 4.78 is 8.19. The Morgan fingerprint density at radius 1 is 1.29 bits per heavy atom. The number of hydrogen-bond donors (Lipinski definition) is 1. The number of fused-ring (bicyclic) bond motifs is 2. The molecule has 0 aromatic carbocycles. The summed E-state index contributed by atoms with van der Waals surface area (Å²) in [6, 6.07) is 2.23. The number of pyridine rings is 1. The van der Waals surface area contributed by atoms with E-state index in [1.54, 1.807) is 0 Å². The molecule has 3 aliphatic heterocycles. The first-order chi connectivity index (χ1) is 13.5. The second-order valence-corrected chi connectivity index (χ2v) is 8.85. The van der Waals surface area contributed by atoms with E-state index in [4.69, 9.17) is 14.8 Å². The van der Waals surface area contributed by atoms with Gasteiger partial charge in [-0.2, -0.15) is 5.10 Å². The molecule has 2 bridgehead atoms. The highest BCUT2D eigenvalue weighted by Crippen LogP contribution is 2.63. The van der Waals surface area contributed by atoms with Crippen molar-refractivity contribution in [3.63, 3.8) is 0 Å². The fourth-order valence-corrected chi connectivity index (χ4v) is 5.28. The van der Waals surface area contributed by atoms with E-state index in [-0.39, 0.29) is 5.92 Å². The van der Waals surface area contributed by atoms with Crippen molar-refractivity contribution < 1.29 is 4.74 Å². The first kappa shape index (κ1) is 16.5. The highest BCUT2D eigenvalue weighted by atomic mass is 16.5. The Labute approximate surface area is 163 Å². The molecule has 3 aromatic rings. The fraction of sp³-hybridized carbons (Fsp3) is 0.600. The van der Waals surface area contributed by atoms with Gasteiger partial charge in [0.25, 0.3) is 0 Å². The number of aromatic amines is 1. The zero-order valence-corrected chi connectivity index (χ0v) is 16.5. The van der Waals surface area contributed by atoms with E-state index >= 15 is 0 Å². The van der Waals surface area contributed by atoms with Crippen LogP contribution in [-0.4, -0.2) is 49.5 Å². The fourth-order valence-electron chi connectivity index (χ4n) is 5.28. The molecule has 7 rings (SSSR count). The molecule has 28 heavy (non-hydrogen) atoms. The highest BCUT2D eigenvalue weighted by molar-refractivity contribution is 5.57. The summed E-state index contributed by atoms with van der Waals surface area (Å²) in [7, 11) is 0. The van der Waals surface area contributed by atoms with Crippen molar-refractivity contribution in [1.29, 1.82) is 0 Å². The van der Waals surface area contributed by atoms with Crippen LogP contribution in [0.3, 0.4) is 0 Å². The van der Waals surface area contributed by atoms with Gasteiger partial charge in [-0.15, -0.1) is 5.10 Å². The van der Waals surface area contributed by atoms with Crippen LogP contribution in [0.15, 0.2) is 12.3 Å². The van der Waals surface area contributed by atoms with Crippen LogP contribution in [-0.2, 0) is 10.3 Å². The Balaban J connectivity index is 1.41. The lowest BCUT2D eigenvalue weighted by Crippen LogP contribution is -2.44. The third-order valence-electron chi connectivity index (χ3n) is 6.76. The summed E-state index contributed by atoms with van der Waals surface area (Å²) in [6.45, 7) is 9.29. The van der Waals surface area contributed by atoms with Gasteiger partial charge >= 0.3 is 0 Å². The topological polar surface area (TPSA) is 84.2 Å². The largest absolute Gasteiger partial charge is 0.370 e. The molecule has 0 spiro atoms. The first-order valence-corrected chi connectivity index (χ1v) is 10.2. The summed E-state index contributed by atoms with van der Waals surface area (Å²) in [5.41, 5.74) is 2.79. The lowest BCUT2D eigenvalue weighted by Gasteiger charge is -2.41. The van der Waals surface area contributed by atoms with Gasteiger partial charge in [-0.1, -0.05) is 6.92 Å². The molecule has 3 saturated heterocycles. The minimum absolute atomic E-state index is 0.133. The lowest BCUT2D eigenvalue weighted by molar-refractivity contribution is -0.0344. The zero-order valence-electron chi connectivity index (χ0n) is 16.5. The summed E-state index contributed by atoms with van der Waals surface area (Å²) >= 11 is 0. The molecule has 6 heterocycles. The molecule has 8 heteroatoms. The summed E-state index contributed by atoms with van der Waals surface area (Å²) in [5.74, 6) is 3.75. The second-order valence-electron chi connectivity index (χ2n) is 8.85. The van der Waals surface area contributed by atoms with E-state index in [0.717, 1.165) is 60.7 Å². The standard InChI is InChI=1S/C20H25N7O/c1-11-4-5-26(8-11)15-6-12(2)18-22-19(25-27(18)9-15)20-7-14(10-28-20)16(20)17-21-13(3)23-24-17/h6,9,11,14,16H,4-5,7-8,10H2,1-3H3,(H,21,23,24). The molecular formula is C20H25N7O. The van der Waals surface area contributed by atoms with Crippen LogP contribution in [0, 0.1) is 25.7 Å². The van der Waals surface area contributed by atoms with Crippen molar-refractivity contribution in [2.75, 3.05) is 24.6 Å². The Morgan fingerprint density at radius 2 is 2.18 bits per heavy atom. The molecule has 0 amide bonds. The third-order valence-corrected chi connectivity index (χ3v) is 6.76. The third kappa shape index (κ3) is 2.15. The van der Waals surface area contributed by atoms with Gasteiger partial charge in [0.05, 0.1) is 24.4 Å².